The number of ether oxygens (including phenoxy) is 4. The molecule has 4 N–H and O–H groups in total. The minimum Gasteiger partial charge on any atom is -0.506 e. The predicted molar refractivity (Wildman–Crippen MR) is 235 cm³/mol. The molecule has 7 aromatic rings. The molecule has 15 nitrogen and oxygen atoms in total. The highest BCUT2D eigenvalue weighted by Crippen LogP contribution is 2.52. The number of aliphatic carboxylic acids is 1. The van der Waals surface area contributed by atoms with E-state index in [4.69, 9.17) is 30.5 Å². The van der Waals surface area contributed by atoms with Crippen molar-refractivity contribution in [2.75, 3.05) is 39.3 Å². The van der Waals surface area contributed by atoms with E-state index in [0.29, 0.717) is 98.7 Å². The highest BCUT2D eigenvalue weighted by molar-refractivity contribution is 7.22. The maximum Gasteiger partial charge on any atom is 0.345 e. The summed E-state index contributed by atoms with van der Waals surface area (Å²) < 4.78 is 39.8. The lowest BCUT2D eigenvalue weighted by atomic mass is 9.98. The second kappa shape index (κ2) is 18.7. The summed E-state index contributed by atoms with van der Waals surface area (Å²) in [6, 6.07) is 23.1. The molecule has 0 aliphatic carbocycles. The largest absolute Gasteiger partial charge is 0.506 e. The van der Waals surface area contributed by atoms with E-state index >= 15 is 0 Å². The van der Waals surface area contributed by atoms with Gasteiger partial charge in [0.2, 0.25) is 12.0 Å². The number of aromatic nitrogens is 4. The SMILES string of the molecule is O=C(O)[C@H]1Cc2cc(ccc2OCc2ccnc(-c3ccccc3CO)n2)OC[C@@H](CN2CCN(O)CC2)Oc2ccc(c(O)c2Cl)-c2c(-c3ccc(F)cc3)sc3ncnc(c23)O1. The Morgan fingerprint density at radius 3 is 2.56 bits per heavy atom. The van der Waals surface area contributed by atoms with Crippen LogP contribution >= 0.6 is 22.9 Å². The van der Waals surface area contributed by atoms with Gasteiger partial charge in [0, 0.05) is 72.5 Å². The number of piperazine rings is 1. The van der Waals surface area contributed by atoms with E-state index < -0.39 is 24.0 Å². The van der Waals surface area contributed by atoms with Crippen molar-refractivity contribution < 1.29 is 48.7 Å². The molecular weight excluding hydrogens is 867 g/mol. The Labute approximate surface area is 374 Å². The van der Waals surface area contributed by atoms with E-state index in [1.165, 1.54) is 34.9 Å². The van der Waals surface area contributed by atoms with Crippen molar-refractivity contribution in [2.45, 2.75) is 31.8 Å². The number of phenolic OH excluding ortho intramolecular Hbond substituents is 1. The zero-order valence-electron chi connectivity index (χ0n) is 33.9. The zero-order valence-corrected chi connectivity index (χ0v) is 35.5. The Balaban J connectivity index is 1.13. The minimum atomic E-state index is -1.53. The van der Waals surface area contributed by atoms with Crippen LogP contribution in [0.1, 0.15) is 16.8 Å². The average molecular weight is 907 g/mol. The Kier molecular flexibility index (Phi) is 12.5. The number of thiophene rings is 1. The van der Waals surface area contributed by atoms with Crippen LogP contribution in [0.15, 0.2) is 97.5 Å². The molecule has 3 aromatic heterocycles. The van der Waals surface area contributed by atoms with Crippen molar-refractivity contribution in [3.63, 3.8) is 0 Å². The molecule has 10 rings (SSSR count). The quantitative estimate of drug-likeness (QED) is 0.113. The van der Waals surface area contributed by atoms with Gasteiger partial charge in [-0.2, -0.15) is 5.06 Å². The molecule has 4 bridgehead atoms. The first kappa shape index (κ1) is 42.8. The lowest BCUT2D eigenvalue weighted by Crippen LogP contribution is -2.49. The summed E-state index contributed by atoms with van der Waals surface area (Å²) in [5, 5.41) is 44.1. The molecule has 4 aromatic carbocycles. The van der Waals surface area contributed by atoms with E-state index in [9.17, 15) is 29.7 Å². The molecule has 6 heterocycles. The van der Waals surface area contributed by atoms with Crippen LogP contribution in [0.25, 0.3) is 43.2 Å². The van der Waals surface area contributed by atoms with Crippen LogP contribution in [0.3, 0.4) is 0 Å². The van der Waals surface area contributed by atoms with Crippen LogP contribution < -0.4 is 18.9 Å². The third-order valence-electron chi connectivity index (χ3n) is 10.9. The molecule has 0 spiro atoms. The van der Waals surface area contributed by atoms with E-state index in [0.717, 1.165) is 0 Å². The van der Waals surface area contributed by atoms with E-state index in [1.54, 1.807) is 60.8 Å². The van der Waals surface area contributed by atoms with Crippen LogP contribution in [0, 0.1) is 5.82 Å². The summed E-state index contributed by atoms with van der Waals surface area (Å²) in [6.45, 7) is 2.17. The van der Waals surface area contributed by atoms with Gasteiger partial charge in [0.15, 0.2) is 5.82 Å². The van der Waals surface area contributed by atoms with Crippen LogP contribution in [0.4, 0.5) is 4.39 Å². The van der Waals surface area contributed by atoms with Crippen LogP contribution in [-0.4, -0.2) is 108 Å². The maximum absolute atomic E-state index is 14.2. The molecule has 328 valence electrons. The number of phenols is 1. The molecule has 64 heavy (non-hydrogen) atoms. The smallest absolute Gasteiger partial charge is 0.345 e. The van der Waals surface area contributed by atoms with Gasteiger partial charge in [-0.05, 0) is 59.7 Å². The van der Waals surface area contributed by atoms with Crippen LogP contribution in [0.5, 0.6) is 28.9 Å². The summed E-state index contributed by atoms with van der Waals surface area (Å²) in [6.07, 6.45) is 0.473. The molecule has 3 aliphatic rings. The summed E-state index contributed by atoms with van der Waals surface area (Å²) in [5.74, 6) is -0.843. The monoisotopic (exact) mass is 906 g/mol. The maximum atomic E-state index is 14.2. The van der Waals surface area contributed by atoms with Crippen molar-refractivity contribution in [2.24, 2.45) is 0 Å². The van der Waals surface area contributed by atoms with Crippen molar-refractivity contribution in [3.05, 3.63) is 125 Å². The number of aliphatic hydroxyl groups excluding tert-OH is 1. The Hall–Kier alpha value is -6.47. The van der Waals surface area contributed by atoms with Crippen molar-refractivity contribution in [3.8, 4) is 61.8 Å². The molecule has 1 fully saturated rings. The zero-order chi connectivity index (χ0) is 44.3. The fourth-order valence-electron chi connectivity index (χ4n) is 7.69. The third kappa shape index (κ3) is 9.12. The number of carboxylic acid groups (broad SMARTS) is 1. The van der Waals surface area contributed by atoms with Gasteiger partial charge in [0.1, 0.15) is 64.3 Å². The van der Waals surface area contributed by atoms with Gasteiger partial charge in [-0.25, -0.2) is 29.1 Å². The number of rotatable bonds is 9. The first-order valence-corrected chi connectivity index (χ1v) is 21.5. The first-order chi connectivity index (χ1) is 31.1. The fraction of sp³-hybridized carbons (Fsp3) is 0.239. The predicted octanol–water partition coefficient (Wildman–Crippen LogP) is 7.27. The molecule has 0 amide bonds. The van der Waals surface area contributed by atoms with Crippen molar-refractivity contribution in [1.29, 1.82) is 0 Å². The Bertz CT molecular complexity index is 2830. The summed E-state index contributed by atoms with van der Waals surface area (Å²) in [4.78, 5) is 34.3. The number of fused-ring (bicyclic) bond motifs is 7. The third-order valence-corrected chi connectivity index (χ3v) is 12.4. The number of hydrogen-bond donors (Lipinski definition) is 4. The lowest BCUT2D eigenvalue weighted by molar-refractivity contribution is -0.145. The molecule has 0 radical (unpaired) electrons. The number of hydrogen-bond acceptors (Lipinski definition) is 15. The van der Waals surface area contributed by atoms with Gasteiger partial charge < -0.3 is 39.5 Å². The highest BCUT2D eigenvalue weighted by atomic mass is 35.5. The molecule has 0 unspecified atom stereocenters. The van der Waals surface area contributed by atoms with Gasteiger partial charge in [0.25, 0.3) is 0 Å². The molecule has 0 saturated carbocycles. The lowest BCUT2D eigenvalue weighted by Gasteiger charge is -2.33. The standard InChI is InChI=1S/C46H40ClFN6O9S/c47-40-36-12-10-34(41(40)56)38-39-44(50-25-51-45(39)64-42(38)26-5-7-29(48)8-6-26)63-37(46(57)58)20-28-19-31(60-24-32(62-36)21-53-15-17-54(59)18-16-53)9-11-35(28)61-23-30-13-14-49-43(52-30)33-4-2-1-3-27(33)22-55/h1-14,19,25,32,37,55-56,59H,15-18,20-24H2,(H,57,58)/t32-,37-/m1/s1. The van der Waals surface area contributed by atoms with Gasteiger partial charge in [-0.15, -0.1) is 11.3 Å². The van der Waals surface area contributed by atoms with E-state index in [1.807, 2.05) is 18.2 Å². The number of carboxylic acids is 1. The Morgan fingerprint density at radius 1 is 0.953 bits per heavy atom. The topological polar surface area (TPSA) is 193 Å². The molecule has 3 aliphatic heterocycles. The van der Waals surface area contributed by atoms with Gasteiger partial charge in [0.05, 0.1) is 17.7 Å². The summed E-state index contributed by atoms with van der Waals surface area (Å²) in [7, 11) is 0. The first-order valence-electron chi connectivity index (χ1n) is 20.3. The van der Waals surface area contributed by atoms with Crippen molar-refractivity contribution >= 4 is 39.1 Å². The summed E-state index contributed by atoms with van der Waals surface area (Å²) in [5.41, 5.74) is 3.53. The number of benzene rings is 4. The normalized spacial score (nSPS) is 17.0. The second-order valence-corrected chi connectivity index (χ2v) is 16.5. The fourth-order valence-corrected chi connectivity index (χ4v) is 9.05. The minimum absolute atomic E-state index is 0.0105. The van der Waals surface area contributed by atoms with Gasteiger partial charge in [-0.3, -0.25) is 4.90 Å². The van der Waals surface area contributed by atoms with Crippen LogP contribution in [-0.2, 0) is 24.4 Å². The average Bonchev–Trinajstić information content (AvgIpc) is 3.70. The van der Waals surface area contributed by atoms with E-state index in [2.05, 4.69) is 24.8 Å². The highest BCUT2D eigenvalue weighted by Gasteiger charge is 2.30. The molecular formula is C46H40ClFN6O9S. The van der Waals surface area contributed by atoms with Crippen LogP contribution in [0.2, 0.25) is 5.02 Å². The second-order valence-electron chi connectivity index (χ2n) is 15.1. The van der Waals surface area contributed by atoms with Gasteiger partial charge in [-0.1, -0.05) is 48.0 Å². The number of aromatic hydroxyl groups is 1. The Morgan fingerprint density at radius 2 is 1.77 bits per heavy atom. The summed E-state index contributed by atoms with van der Waals surface area (Å²) >= 11 is 8.17. The molecule has 2 atom stereocenters. The number of aliphatic hydroxyl groups is 1. The molecule has 18 heteroatoms. The van der Waals surface area contributed by atoms with Gasteiger partial charge >= 0.3 is 5.97 Å². The number of nitrogens with zero attached hydrogens (tertiary/aromatic N) is 6. The number of carbonyl (C=O) groups is 1. The van der Waals surface area contributed by atoms with Crippen molar-refractivity contribution in [1.82, 2.24) is 29.9 Å². The number of halogens is 2. The number of hydroxylamine groups is 2. The molecule has 1 saturated heterocycles. The van der Waals surface area contributed by atoms with E-state index in [-0.39, 0.29) is 54.2 Å².